The fourth-order valence-corrected chi connectivity index (χ4v) is 1.44. The number of hydrogen-bond acceptors (Lipinski definition) is 7. The second-order valence-corrected chi connectivity index (χ2v) is 4.41. The predicted octanol–water partition coefficient (Wildman–Crippen LogP) is 1.21. The van der Waals surface area contributed by atoms with Crippen molar-refractivity contribution >= 4 is 17.5 Å². The number of methoxy groups -OCH3 is 1. The molecule has 0 aliphatic carbocycles. The Kier molecular flexibility index (Phi) is 5.39. The normalized spacial score (nSPS) is 13.4. The summed E-state index contributed by atoms with van der Waals surface area (Å²) in [6.45, 7) is 3.48. The second-order valence-electron chi connectivity index (χ2n) is 4.41. The van der Waals surface area contributed by atoms with Gasteiger partial charge in [-0.25, -0.2) is 9.78 Å². The first-order valence-electron chi connectivity index (χ1n) is 6.01. The number of esters is 1. The van der Waals surface area contributed by atoms with E-state index in [0.29, 0.717) is 0 Å². The molecule has 0 aromatic carbocycles. The van der Waals surface area contributed by atoms with Crippen molar-refractivity contribution in [3.8, 4) is 0 Å². The van der Waals surface area contributed by atoms with Crippen molar-refractivity contribution in [2.75, 3.05) is 19.0 Å². The third kappa shape index (κ3) is 3.64. The number of anilines is 1. The van der Waals surface area contributed by atoms with Crippen LogP contribution in [0.15, 0.2) is 12.1 Å². The van der Waals surface area contributed by atoms with Gasteiger partial charge in [0.05, 0.1) is 12.0 Å². The van der Waals surface area contributed by atoms with Gasteiger partial charge in [-0.3, -0.25) is 10.1 Å². The molecule has 0 aliphatic rings. The molecule has 2 unspecified atom stereocenters. The minimum atomic E-state index is -0.675. The Bertz CT molecular complexity index is 506. The van der Waals surface area contributed by atoms with Crippen LogP contribution < -0.4 is 5.32 Å². The van der Waals surface area contributed by atoms with E-state index in [9.17, 15) is 14.9 Å². The van der Waals surface area contributed by atoms with Crippen LogP contribution in [0.25, 0.3) is 0 Å². The zero-order chi connectivity index (χ0) is 15.3. The smallest absolute Gasteiger partial charge is 0.356 e. The van der Waals surface area contributed by atoms with E-state index in [-0.39, 0.29) is 35.8 Å². The molecule has 0 saturated heterocycles. The average Bonchev–Trinajstić information content (AvgIpc) is 2.44. The summed E-state index contributed by atoms with van der Waals surface area (Å²) in [6.07, 6.45) is 0. The number of pyridine rings is 1. The molecular weight excluding hydrogens is 266 g/mol. The highest BCUT2D eigenvalue weighted by Crippen LogP contribution is 2.24. The summed E-state index contributed by atoms with van der Waals surface area (Å²) in [6, 6.07) is 2.17. The summed E-state index contributed by atoms with van der Waals surface area (Å²) in [5, 5.41) is 22.9. The van der Waals surface area contributed by atoms with Crippen LogP contribution in [-0.2, 0) is 4.74 Å². The topological polar surface area (TPSA) is 115 Å². The van der Waals surface area contributed by atoms with Crippen molar-refractivity contribution in [1.82, 2.24) is 4.98 Å². The highest BCUT2D eigenvalue weighted by molar-refractivity contribution is 5.88. The SMILES string of the molecule is COC(=O)c1ccc([N+](=O)[O-])c(NC(C)C(C)CO)n1. The lowest BCUT2D eigenvalue weighted by Gasteiger charge is -2.19. The van der Waals surface area contributed by atoms with Gasteiger partial charge in [0.1, 0.15) is 0 Å². The van der Waals surface area contributed by atoms with Crippen LogP contribution in [0.5, 0.6) is 0 Å². The Morgan fingerprint density at radius 1 is 1.55 bits per heavy atom. The van der Waals surface area contributed by atoms with Gasteiger partial charge in [-0.05, 0) is 18.9 Å². The first-order chi connectivity index (χ1) is 9.40. The molecule has 0 spiro atoms. The Hall–Kier alpha value is -2.22. The monoisotopic (exact) mass is 283 g/mol. The third-order valence-corrected chi connectivity index (χ3v) is 2.97. The summed E-state index contributed by atoms with van der Waals surface area (Å²) in [4.78, 5) is 25.7. The Balaban J connectivity index is 3.12. The number of rotatable bonds is 6. The summed E-state index contributed by atoms with van der Waals surface area (Å²) < 4.78 is 4.53. The van der Waals surface area contributed by atoms with Crippen LogP contribution in [-0.4, -0.2) is 40.7 Å². The molecule has 0 amide bonds. The van der Waals surface area contributed by atoms with E-state index in [1.807, 2.05) is 0 Å². The van der Waals surface area contributed by atoms with Crippen LogP contribution in [0.3, 0.4) is 0 Å². The first kappa shape index (κ1) is 15.8. The lowest BCUT2D eigenvalue weighted by Crippen LogP contribution is -2.27. The van der Waals surface area contributed by atoms with E-state index in [0.717, 1.165) is 0 Å². The fourth-order valence-electron chi connectivity index (χ4n) is 1.44. The van der Waals surface area contributed by atoms with Gasteiger partial charge in [-0.1, -0.05) is 6.92 Å². The van der Waals surface area contributed by atoms with E-state index < -0.39 is 10.9 Å². The van der Waals surface area contributed by atoms with E-state index in [4.69, 9.17) is 5.11 Å². The number of nitro groups is 1. The number of nitrogens with one attached hydrogen (secondary N) is 1. The summed E-state index contributed by atoms with van der Waals surface area (Å²) in [7, 11) is 1.20. The van der Waals surface area contributed by atoms with Crippen LogP contribution in [0.1, 0.15) is 24.3 Å². The number of carbonyl (C=O) groups excluding carboxylic acids is 1. The largest absolute Gasteiger partial charge is 0.464 e. The fraction of sp³-hybridized carbons (Fsp3) is 0.500. The predicted molar refractivity (Wildman–Crippen MR) is 71.6 cm³/mol. The molecule has 8 heteroatoms. The van der Waals surface area contributed by atoms with Gasteiger partial charge in [0, 0.05) is 18.7 Å². The Labute approximate surface area is 115 Å². The van der Waals surface area contributed by atoms with Gasteiger partial charge < -0.3 is 15.2 Å². The van der Waals surface area contributed by atoms with Crippen molar-refractivity contribution in [1.29, 1.82) is 0 Å². The van der Waals surface area contributed by atoms with Crippen molar-refractivity contribution in [3.05, 3.63) is 27.9 Å². The molecular formula is C12H17N3O5. The number of carbonyl (C=O) groups is 1. The molecule has 0 fully saturated rings. The van der Waals surface area contributed by atoms with Crippen LogP contribution in [0.2, 0.25) is 0 Å². The standard InChI is InChI=1S/C12H17N3O5/c1-7(6-16)8(2)13-11-10(15(18)19)5-4-9(14-11)12(17)20-3/h4-5,7-8,16H,6H2,1-3H3,(H,13,14). The average molecular weight is 283 g/mol. The molecule has 0 saturated carbocycles. The highest BCUT2D eigenvalue weighted by atomic mass is 16.6. The maximum Gasteiger partial charge on any atom is 0.356 e. The first-order valence-corrected chi connectivity index (χ1v) is 6.01. The maximum atomic E-state index is 11.4. The van der Waals surface area contributed by atoms with Gasteiger partial charge in [0.25, 0.3) is 0 Å². The zero-order valence-corrected chi connectivity index (χ0v) is 11.5. The number of aliphatic hydroxyl groups is 1. The molecule has 0 radical (unpaired) electrons. The second kappa shape index (κ2) is 6.80. The van der Waals surface area contributed by atoms with E-state index in [2.05, 4.69) is 15.0 Å². The molecule has 2 atom stereocenters. The minimum Gasteiger partial charge on any atom is -0.464 e. The zero-order valence-electron chi connectivity index (χ0n) is 11.5. The molecule has 1 heterocycles. The molecule has 20 heavy (non-hydrogen) atoms. The molecule has 0 bridgehead atoms. The molecule has 0 aliphatic heterocycles. The van der Waals surface area contributed by atoms with Gasteiger partial charge >= 0.3 is 11.7 Å². The van der Waals surface area contributed by atoms with Crippen LogP contribution in [0.4, 0.5) is 11.5 Å². The van der Waals surface area contributed by atoms with Crippen LogP contribution in [0, 0.1) is 16.0 Å². The van der Waals surface area contributed by atoms with E-state index in [1.165, 1.54) is 19.2 Å². The lowest BCUT2D eigenvalue weighted by molar-refractivity contribution is -0.384. The molecule has 1 aromatic rings. The minimum absolute atomic E-state index is 0.0225. The van der Waals surface area contributed by atoms with Crippen molar-refractivity contribution < 1.29 is 19.6 Å². The Morgan fingerprint density at radius 2 is 2.20 bits per heavy atom. The molecule has 2 N–H and O–H groups in total. The lowest BCUT2D eigenvalue weighted by atomic mass is 10.1. The molecule has 1 aromatic heterocycles. The van der Waals surface area contributed by atoms with Crippen molar-refractivity contribution in [2.24, 2.45) is 5.92 Å². The number of aromatic nitrogens is 1. The van der Waals surface area contributed by atoms with Gasteiger partial charge in [0.15, 0.2) is 5.69 Å². The molecule has 8 nitrogen and oxygen atoms in total. The van der Waals surface area contributed by atoms with E-state index >= 15 is 0 Å². The number of nitrogens with zero attached hydrogens (tertiary/aromatic N) is 2. The van der Waals surface area contributed by atoms with Gasteiger partial charge in [0.2, 0.25) is 5.82 Å². The summed E-state index contributed by atoms with van der Waals surface area (Å²) in [5.41, 5.74) is -0.265. The van der Waals surface area contributed by atoms with Crippen molar-refractivity contribution in [2.45, 2.75) is 19.9 Å². The number of ether oxygens (including phenoxy) is 1. The number of hydrogen-bond donors (Lipinski definition) is 2. The number of aliphatic hydroxyl groups excluding tert-OH is 1. The van der Waals surface area contributed by atoms with Crippen molar-refractivity contribution in [3.63, 3.8) is 0 Å². The molecule has 1 rings (SSSR count). The third-order valence-electron chi connectivity index (χ3n) is 2.97. The summed E-state index contributed by atoms with van der Waals surface area (Å²) in [5.74, 6) is -0.824. The van der Waals surface area contributed by atoms with Crippen LogP contribution >= 0.6 is 0 Å². The molecule has 110 valence electrons. The Morgan fingerprint density at radius 3 is 2.70 bits per heavy atom. The summed E-state index contributed by atoms with van der Waals surface area (Å²) >= 11 is 0. The van der Waals surface area contributed by atoms with Gasteiger partial charge in [-0.2, -0.15) is 0 Å². The van der Waals surface area contributed by atoms with Gasteiger partial charge in [-0.15, -0.1) is 0 Å². The quantitative estimate of drug-likeness (QED) is 0.458. The highest BCUT2D eigenvalue weighted by Gasteiger charge is 2.22. The maximum absolute atomic E-state index is 11.4. The van der Waals surface area contributed by atoms with E-state index in [1.54, 1.807) is 13.8 Å².